The van der Waals surface area contributed by atoms with Crippen LogP contribution in [0.25, 0.3) is 0 Å². The third kappa shape index (κ3) is 7.45. The van der Waals surface area contributed by atoms with E-state index in [1.165, 1.54) is 0 Å². The molecule has 2 N–H and O–H groups in total. The van der Waals surface area contributed by atoms with E-state index >= 15 is 0 Å². The number of ether oxygens (including phenoxy) is 2. The lowest BCUT2D eigenvalue weighted by atomic mass is 9.91. The third-order valence-corrected chi connectivity index (χ3v) is 4.26. The van der Waals surface area contributed by atoms with E-state index in [0.29, 0.717) is 13.0 Å². The van der Waals surface area contributed by atoms with Crippen LogP contribution in [0.1, 0.15) is 51.0 Å². The van der Waals surface area contributed by atoms with E-state index in [2.05, 4.69) is 17.6 Å². The quantitative estimate of drug-likeness (QED) is 0.736. The van der Waals surface area contributed by atoms with E-state index in [1.807, 2.05) is 30.3 Å². The Balaban J connectivity index is 1.67. The SMILES string of the molecule is CCCCOC(=O)N[C@H]1CCC[C@@H](NC(=O)OCc2ccccc2)C1. The van der Waals surface area contributed by atoms with Crippen molar-refractivity contribution in [2.75, 3.05) is 6.61 Å². The third-order valence-electron chi connectivity index (χ3n) is 4.26. The molecular formula is C19H28N2O4. The second kappa shape index (κ2) is 10.6. The molecule has 0 aliphatic heterocycles. The van der Waals surface area contributed by atoms with Gasteiger partial charge in [-0.1, -0.05) is 43.7 Å². The summed E-state index contributed by atoms with van der Waals surface area (Å²) in [5.74, 6) is 0. The highest BCUT2D eigenvalue weighted by atomic mass is 16.6. The first-order valence-electron chi connectivity index (χ1n) is 9.08. The summed E-state index contributed by atoms with van der Waals surface area (Å²) in [6.07, 6.45) is 4.52. The Kier molecular flexibility index (Phi) is 8.09. The van der Waals surface area contributed by atoms with Crippen molar-refractivity contribution in [1.82, 2.24) is 10.6 Å². The van der Waals surface area contributed by atoms with Crippen molar-refractivity contribution in [1.29, 1.82) is 0 Å². The van der Waals surface area contributed by atoms with Crippen LogP contribution in [0.2, 0.25) is 0 Å². The van der Waals surface area contributed by atoms with Crippen molar-refractivity contribution >= 4 is 12.2 Å². The van der Waals surface area contributed by atoms with Crippen LogP contribution < -0.4 is 10.6 Å². The average Bonchev–Trinajstić information content (AvgIpc) is 2.61. The number of hydrogen-bond acceptors (Lipinski definition) is 4. The maximum Gasteiger partial charge on any atom is 0.407 e. The molecule has 0 saturated heterocycles. The maximum absolute atomic E-state index is 11.9. The van der Waals surface area contributed by atoms with Crippen LogP contribution in [0.15, 0.2) is 30.3 Å². The second-order valence-electron chi connectivity index (χ2n) is 6.40. The lowest BCUT2D eigenvalue weighted by molar-refractivity contribution is 0.127. The van der Waals surface area contributed by atoms with Gasteiger partial charge in [-0.25, -0.2) is 9.59 Å². The van der Waals surface area contributed by atoms with E-state index < -0.39 is 6.09 Å². The predicted molar refractivity (Wildman–Crippen MR) is 95.2 cm³/mol. The highest BCUT2D eigenvalue weighted by molar-refractivity contribution is 5.68. The molecule has 2 rings (SSSR count). The number of rotatable bonds is 7. The lowest BCUT2D eigenvalue weighted by Crippen LogP contribution is -2.46. The van der Waals surface area contributed by atoms with Gasteiger partial charge in [0.2, 0.25) is 0 Å². The number of alkyl carbamates (subject to hydrolysis) is 2. The van der Waals surface area contributed by atoms with E-state index in [1.54, 1.807) is 0 Å². The standard InChI is InChI=1S/C19H28N2O4/c1-2-3-12-24-18(22)20-16-10-7-11-17(13-16)21-19(23)25-14-15-8-5-4-6-9-15/h4-6,8-9,16-17H,2-3,7,10-14H2,1H3,(H,20,22)(H,21,23)/t16-,17+/m0/s1. The summed E-state index contributed by atoms with van der Waals surface area (Å²) >= 11 is 0. The van der Waals surface area contributed by atoms with Crippen LogP contribution in [-0.2, 0) is 16.1 Å². The van der Waals surface area contributed by atoms with Crippen molar-refractivity contribution in [3.63, 3.8) is 0 Å². The van der Waals surface area contributed by atoms with Crippen molar-refractivity contribution in [2.45, 2.75) is 64.1 Å². The second-order valence-corrected chi connectivity index (χ2v) is 6.40. The molecule has 0 radical (unpaired) electrons. The Labute approximate surface area is 149 Å². The molecule has 0 unspecified atom stereocenters. The van der Waals surface area contributed by atoms with Crippen LogP contribution in [0.4, 0.5) is 9.59 Å². The molecule has 0 spiro atoms. The number of hydrogen-bond donors (Lipinski definition) is 2. The molecule has 25 heavy (non-hydrogen) atoms. The van der Waals surface area contributed by atoms with Gasteiger partial charge >= 0.3 is 12.2 Å². The minimum Gasteiger partial charge on any atom is -0.450 e. The van der Waals surface area contributed by atoms with E-state index in [9.17, 15) is 9.59 Å². The smallest absolute Gasteiger partial charge is 0.407 e. The fourth-order valence-corrected chi connectivity index (χ4v) is 2.90. The molecule has 6 nitrogen and oxygen atoms in total. The Hall–Kier alpha value is -2.24. The van der Waals surface area contributed by atoms with Gasteiger partial charge in [0, 0.05) is 12.1 Å². The van der Waals surface area contributed by atoms with Crippen LogP contribution in [0, 0.1) is 0 Å². The van der Waals surface area contributed by atoms with Crippen molar-refractivity contribution in [3.8, 4) is 0 Å². The molecule has 1 aromatic carbocycles. The molecule has 1 fully saturated rings. The number of amides is 2. The van der Waals surface area contributed by atoms with Crippen LogP contribution in [-0.4, -0.2) is 30.9 Å². The van der Waals surface area contributed by atoms with Gasteiger partial charge in [-0.05, 0) is 37.7 Å². The minimum absolute atomic E-state index is 0.0120. The summed E-state index contributed by atoms with van der Waals surface area (Å²) in [6.45, 7) is 2.75. The molecule has 0 aromatic heterocycles. The molecule has 1 aliphatic rings. The van der Waals surface area contributed by atoms with E-state index in [0.717, 1.165) is 37.7 Å². The Morgan fingerprint density at radius 3 is 2.32 bits per heavy atom. The highest BCUT2D eigenvalue weighted by Gasteiger charge is 2.25. The first-order chi connectivity index (χ1) is 12.2. The maximum atomic E-state index is 11.9. The number of carbonyl (C=O) groups is 2. The predicted octanol–water partition coefficient (Wildman–Crippen LogP) is 3.75. The molecule has 2 amide bonds. The normalized spacial score (nSPS) is 19.7. The lowest BCUT2D eigenvalue weighted by Gasteiger charge is -2.29. The van der Waals surface area contributed by atoms with Crippen LogP contribution in [0.3, 0.4) is 0 Å². The molecule has 1 aromatic rings. The molecular weight excluding hydrogens is 320 g/mol. The van der Waals surface area contributed by atoms with Crippen LogP contribution >= 0.6 is 0 Å². The summed E-state index contributed by atoms with van der Waals surface area (Å²) in [4.78, 5) is 23.7. The average molecular weight is 348 g/mol. The van der Waals surface area contributed by atoms with E-state index in [-0.39, 0.29) is 24.8 Å². The van der Waals surface area contributed by atoms with Crippen molar-refractivity contribution in [3.05, 3.63) is 35.9 Å². The first kappa shape index (κ1) is 19.1. The van der Waals surface area contributed by atoms with Crippen LogP contribution in [0.5, 0.6) is 0 Å². The van der Waals surface area contributed by atoms with Gasteiger partial charge in [0.1, 0.15) is 6.61 Å². The Morgan fingerprint density at radius 1 is 1.04 bits per heavy atom. The first-order valence-corrected chi connectivity index (χ1v) is 9.08. The summed E-state index contributed by atoms with van der Waals surface area (Å²) in [5.41, 5.74) is 0.954. The molecule has 138 valence electrons. The highest BCUT2D eigenvalue weighted by Crippen LogP contribution is 2.19. The zero-order valence-corrected chi connectivity index (χ0v) is 14.8. The van der Waals surface area contributed by atoms with Gasteiger partial charge < -0.3 is 20.1 Å². The molecule has 1 aliphatic carbocycles. The molecule has 0 bridgehead atoms. The zero-order chi connectivity index (χ0) is 17.9. The molecule has 1 saturated carbocycles. The number of unbranched alkanes of at least 4 members (excludes halogenated alkanes) is 1. The summed E-state index contributed by atoms with van der Waals surface area (Å²) < 4.78 is 10.4. The number of carbonyl (C=O) groups excluding carboxylic acids is 2. The Bertz CT molecular complexity index is 535. The topological polar surface area (TPSA) is 76.7 Å². The summed E-state index contributed by atoms with van der Waals surface area (Å²) in [7, 11) is 0. The fourth-order valence-electron chi connectivity index (χ4n) is 2.90. The monoisotopic (exact) mass is 348 g/mol. The van der Waals surface area contributed by atoms with Gasteiger partial charge in [0.25, 0.3) is 0 Å². The van der Waals surface area contributed by atoms with Gasteiger partial charge in [0.15, 0.2) is 0 Å². The number of benzene rings is 1. The Morgan fingerprint density at radius 2 is 1.68 bits per heavy atom. The van der Waals surface area contributed by atoms with Gasteiger partial charge in [-0.15, -0.1) is 0 Å². The van der Waals surface area contributed by atoms with Gasteiger partial charge in [-0.3, -0.25) is 0 Å². The van der Waals surface area contributed by atoms with E-state index in [4.69, 9.17) is 9.47 Å². The van der Waals surface area contributed by atoms with Crippen molar-refractivity contribution < 1.29 is 19.1 Å². The summed E-state index contributed by atoms with van der Waals surface area (Å²) in [5, 5.41) is 5.78. The zero-order valence-electron chi connectivity index (χ0n) is 14.8. The minimum atomic E-state index is -0.417. The molecule has 0 heterocycles. The van der Waals surface area contributed by atoms with Gasteiger partial charge in [0.05, 0.1) is 6.61 Å². The largest absolute Gasteiger partial charge is 0.450 e. The molecule has 2 atom stereocenters. The number of nitrogens with one attached hydrogen (secondary N) is 2. The fraction of sp³-hybridized carbons (Fsp3) is 0.579. The van der Waals surface area contributed by atoms with Crippen molar-refractivity contribution in [2.24, 2.45) is 0 Å². The molecule has 6 heteroatoms. The summed E-state index contributed by atoms with van der Waals surface area (Å²) in [6, 6.07) is 9.61. The van der Waals surface area contributed by atoms with Gasteiger partial charge in [-0.2, -0.15) is 0 Å².